The van der Waals surface area contributed by atoms with Crippen LogP contribution in [0.2, 0.25) is 5.02 Å². The second-order valence-corrected chi connectivity index (χ2v) is 17.9. The van der Waals surface area contributed by atoms with Crippen LogP contribution in [-0.2, 0) is 10.0 Å². The van der Waals surface area contributed by atoms with Gasteiger partial charge in [0.05, 0.1) is 21.6 Å². The molecule has 8 rings (SSSR count). The quantitative estimate of drug-likeness (QED) is 0.0984. The smallest absolute Gasteiger partial charge is 0.274 e. The molecule has 296 valence electrons. The molecule has 57 heavy (non-hydrogen) atoms. The standard InChI is InChI=1S/C43H45ClN6O6S/c1-28(2)36-11-9-35(24-39(36)50(52)53)57(54,55)47-42(51)37-10-8-33(23-40(37)56-34-22-30-13-17-45-41(30)46-26-34)49-20-18-48(19-21-49)27-31-12-16-43(14-3-15-43)25-38(31)29-4-6-32(44)7-5-29/h4-11,13,17,22-24,26,28H,3,12,14-16,18-21,25,27H2,1-2H3,(H,45,46)(H,47,51). The first kappa shape index (κ1) is 38.6. The van der Waals surface area contributed by atoms with E-state index in [0.717, 1.165) is 67.7 Å². The molecule has 1 aliphatic heterocycles. The van der Waals surface area contributed by atoms with Crippen LogP contribution in [0.4, 0.5) is 11.4 Å². The van der Waals surface area contributed by atoms with Crippen molar-refractivity contribution >= 4 is 55.5 Å². The lowest BCUT2D eigenvalue weighted by Crippen LogP contribution is -2.47. The highest BCUT2D eigenvalue weighted by molar-refractivity contribution is 7.90. The van der Waals surface area contributed by atoms with Crippen molar-refractivity contribution in [2.45, 2.75) is 63.2 Å². The van der Waals surface area contributed by atoms with Gasteiger partial charge in [0.2, 0.25) is 0 Å². The summed E-state index contributed by atoms with van der Waals surface area (Å²) in [5.74, 6) is -0.639. The van der Waals surface area contributed by atoms with Gasteiger partial charge in [0.1, 0.15) is 17.1 Å². The first-order chi connectivity index (χ1) is 27.4. The predicted octanol–water partition coefficient (Wildman–Crippen LogP) is 9.09. The largest absolute Gasteiger partial charge is 0.455 e. The number of carbonyl (C=O) groups is 1. The fraction of sp³-hybridized carbons (Fsp3) is 0.349. The summed E-state index contributed by atoms with van der Waals surface area (Å²) in [6.45, 7) is 7.66. The Morgan fingerprint density at radius 1 is 1.02 bits per heavy atom. The molecule has 1 saturated heterocycles. The Morgan fingerprint density at radius 3 is 2.49 bits per heavy atom. The van der Waals surface area contributed by atoms with Gasteiger partial charge in [-0.3, -0.25) is 19.8 Å². The summed E-state index contributed by atoms with van der Waals surface area (Å²) in [5.41, 5.74) is 6.26. The molecule has 12 nitrogen and oxygen atoms in total. The number of anilines is 1. The molecule has 3 aliphatic rings. The normalized spacial score (nSPS) is 17.2. The van der Waals surface area contributed by atoms with Crippen LogP contribution in [0.3, 0.4) is 0 Å². The van der Waals surface area contributed by atoms with Gasteiger partial charge in [0.15, 0.2) is 0 Å². The lowest BCUT2D eigenvalue weighted by molar-refractivity contribution is -0.385. The van der Waals surface area contributed by atoms with E-state index in [0.29, 0.717) is 22.4 Å². The van der Waals surface area contributed by atoms with Gasteiger partial charge in [-0.25, -0.2) is 18.1 Å². The van der Waals surface area contributed by atoms with Gasteiger partial charge < -0.3 is 14.6 Å². The van der Waals surface area contributed by atoms with E-state index in [2.05, 4.69) is 36.6 Å². The third-order valence-electron chi connectivity index (χ3n) is 11.9. The maximum absolute atomic E-state index is 13.8. The molecule has 1 amide bonds. The molecule has 0 radical (unpaired) electrons. The number of nitrogens with one attached hydrogen (secondary N) is 2. The Bertz CT molecular complexity index is 2490. The van der Waals surface area contributed by atoms with Crippen molar-refractivity contribution in [1.82, 2.24) is 19.6 Å². The molecule has 0 unspecified atom stereocenters. The Morgan fingerprint density at radius 2 is 1.79 bits per heavy atom. The van der Waals surface area contributed by atoms with Gasteiger partial charge in [0.25, 0.3) is 21.6 Å². The highest BCUT2D eigenvalue weighted by Gasteiger charge is 2.41. The zero-order valence-corrected chi connectivity index (χ0v) is 33.5. The molecule has 3 heterocycles. The number of hydrogen-bond donors (Lipinski definition) is 2. The first-order valence-corrected chi connectivity index (χ1v) is 21.3. The van der Waals surface area contributed by atoms with E-state index in [-0.39, 0.29) is 22.9 Å². The number of sulfonamides is 1. The third kappa shape index (κ3) is 8.14. The number of pyridine rings is 1. The SMILES string of the molecule is CC(C)c1ccc(S(=O)(=O)NC(=O)c2ccc(N3CCN(CC4=C(c5ccc(Cl)cc5)CC5(CCC5)CC4)CC3)cc2Oc2cnc3[nH]ccc3c2)cc1[N+](=O)[O-]. The summed E-state index contributed by atoms with van der Waals surface area (Å²) in [4.78, 5) is 36.8. The van der Waals surface area contributed by atoms with E-state index in [1.807, 2.05) is 18.2 Å². The van der Waals surface area contributed by atoms with Crippen molar-refractivity contribution in [2.75, 3.05) is 37.6 Å². The second-order valence-electron chi connectivity index (χ2n) is 15.8. The minimum absolute atomic E-state index is 0.0216. The highest BCUT2D eigenvalue weighted by Crippen LogP contribution is 2.55. The van der Waals surface area contributed by atoms with E-state index in [1.165, 1.54) is 60.7 Å². The van der Waals surface area contributed by atoms with Gasteiger partial charge in [0, 0.05) is 72.7 Å². The number of hydrogen-bond acceptors (Lipinski definition) is 9. The van der Waals surface area contributed by atoms with E-state index < -0.39 is 25.7 Å². The Hall–Kier alpha value is -5.24. The number of aromatic amines is 1. The minimum atomic E-state index is -4.50. The highest BCUT2D eigenvalue weighted by atomic mass is 35.5. The lowest BCUT2D eigenvalue weighted by Gasteiger charge is -2.47. The van der Waals surface area contributed by atoms with Crippen molar-refractivity contribution in [2.24, 2.45) is 5.41 Å². The van der Waals surface area contributed by atoms with Gasteiger partial charge in [-0.2, -0.15) is 0 Å². The van der Waals surface area contributed by atoms with Crippen LogP contribution in [0.15, 0.2) is 95.7 Å². The van der Waals surface area contributed by atoms with Crippen LogP contribution in [0.5, 0.6) is 11.5 Å². The van der Waals surface area contributed by atoms with Crippen LogP contribution in [0, 0.1) is 15.5 Å². The number of benzene rings is 3. The topological polar surface area (TPSA) is 151 Å². The number of nitro groups is 1. The van der Waals surface area contributed by atoms with Crippen molar-refractivity contribution in [3.8, 4) is 11.5 Å². The van der Waals surface area contributed by atoms with Gasteiger partial charge >= 0.3 is 0 Å². The average molecular weight is 809 g/mol. The molecular weight excluding hydrogens is 764 g/mol. The predicted molar refractivity (Wildman–Crippen MR) is 222 cm³/mol. The molecule has 2 aromatic heterocycles. The molecule has 1 saturated carbocycles. The van der Waals surface area contributed by atoms with Crippen molar-refractivity contribution in [3.63, 3.8) is 0 Å². The number of rotatable bonds is 11. The molecule has 2 fully saturated rings. The number of fused-ring (bicyclic) bond motifs is 1. The fourth-order valence-corrected chi connectivity index (χ4v) is 9.59. The zero-order valence-electron chi connectivity index (χ0n) is 32.0. The van der Waals surface area contributed by atoms with Gasteiger partial charge in [-0.15, -0.1) is 0 Å². The summed E-state index contributed by atoms with van der Waals surface area (Å²) in [6.07, 6.45) is 10.7. The summed E-state index contributed by atoms with van der Waals surface area (Å²) in [6, 6.07) is 20.7. The number of H-pyrrole nitrogens is 1. The Labute approximate surface area is 337 Å². The number of halogens is 1. The van der Waals surface area contributed by atoms with Crippen LogP contribution < -0.4 is 14.4 Å². The van der Waals surface area contributed by atoms with Crippen LogP contribution in [0.25, 0.3) is 16.6 Å². The molecule has 0 bridgehead atoms. The monoisotopic (exact) mass is 808 g/mol. The van der Waals surface area contributed by atoms with Gasteiger partial charge in [-0.05, 0) is 97.0 Å². The molecule has 3 aromatic carbocycles. The fourth-order valence-electron chi connectivity index (χ4n) is 8.48. The number of aromatic nitrogens is 2. The van der Waals surface area contributed by atoms with Crippen molar-refractivity contribution in [3.05, 3.63) is 123 Å². The molecule has 2 N–H and O–H groups in total. The number of amides is 1. The summed E-state index contributed by atoms with van der Waals surface area (Å²) in [7, 11) is -4.50. The number of nitrogens with zero attached hydrogens (tertiary/aromatic N) is 4. The van der Waals surface area contributed by atoms with Crippen molar-refractivity contribution < 1.29 is 22.9 Å². The molecule has 14 heteroatoms. The van der Waals surface area contributed by atoms with Crippen LogP contribution in [-0.4, -0.2) is 66.8 Å². The number of ether oxygens (including phenoxy) is 1. The average Bonchev–Trinajstić information content (AvgIpc) is 3.66. The maximum Gasteiger partial charge on any atom is 0.274 e. The lowest BCUT2D eigenvalue weighted by atomic mass is 9.59. The minimum Gasteiger partial charge on any atom is -0.455 e. The summed E-state index contributed by atoms with van der Waals surface area (Å²) >= 11 is 6.26. The van der Waals surface area contributed by atoms with Crippen molar-refractivity contribution in [1.29, 1.82) is 0 Å². The van der Waals surface area contributed by atoms with E-state index in [1.54, 1.807) is 44.3 Å². The molecule has 2 aliphatic carbocycles. The van der Waals surface area contributed by atoms with E-state index in [9.17, 15) is 23.3 Å². The van der Waals surface area contributed by atoms with E-state index in [4.69, 9.17) is 16.3 Å². The maximum atomic E-state index is 13.8. The zero-order chi connectivity index (χ0) is 39.9. The number of nitro benzene ring substituents is 1. The molecule has 0 atom stereocenters. The number of piperazine rings is 1. The first-order valence-electron chi connectivity index (χ1n) is 19.4. The summed E-state index contributed by atoms with van der Waals surface area (Å²) in [5, 5.41) is 13.3. The Kier molecular flexibility index (Phi) is 10.6. The van der Waals surface area contributed by atoms with Gasteiger partial charge in [-0.1, -0.05) is 55.6 Å². The Balaban J connectivity index is 1.02. The van der Waals surface area contributed by atoms with Crippen LogP contribution in [0.1, 0.15) is 79.8 Å². The second kappa shape index (κ2) is 15.6. The summed E-state index contributed by atoms with van der Waals surface area (Å²) < 4.78 is 35.4. The third-order valence-corrected chi connectivity index (χ3v) is 13.4. The van der Waals surface area contributed by atoms with Crippen LogP contribution >= 0.6 is 11.6 Å². The number of carbonyl (C=O) groups excluding carboxylic acids is 1. The molecule has 5 aromatic rings. The molecular formula is C43H45ClN6O6S. The number of allylic oxidation sites excluding steroid dienone is 1. The van der Waals surface area contributed by atoms with E-state index >= 15 is 0 Å². The molecule has 1 spiro atoms.